The number of hydrogen-bond acceptors (Lipinski definition) is 3. The number of nitrogens with zero attached hydrogens (tertiary/aromatic N) is 4. The number of benzene rings is 7. The van der Waals surface area contributed by atoms with E-state index < -0.39 is 0 Å². The minimum atomic E-state index is -0.162. The van der Waals surface area contributed by atoms with Gasteiger partial charge in [-0.15, -0.1) is 0 Å². The van der Waals surface area contributed by atoms with E-state index in [4.69, 9.17) is 6.57 Å². The topological polar surface area (TPSA) is 34.6 Å². The van der Waals surface area contributed by atoms with Crippen LogP contribution >= 0.6 is 0 Å². The third kappa shape index (κ3) is 4.96. The Morgan fingerprint density at radius 3 is 1.26 bits per heavy atom. The molecule has 0 atom stereocenters. The summed E-state index contributed by atoms with van der Waals surface area (Å²) < 4.78 is 0. The largest absolute Gasteiger partial charge is 0.310 e. The summed E-state index contributed by atoms with van der Waals surface area (Å²) in [6.07, 6.45) is 0. The zero-order valence-corrected chi connectivity index (χ0v) is 30.8. The lowest BCUT2D eigenvalue weighted by Crippen LogP contribution is -2.30. The molecule has 258 valence electrons. The molecule has 2 aliphatic heterocycles. The van der Waals surface area contributed by atoms with Crippen LogP contribution in [0.2, 0.25) is 0 Å². The van der Waals surface area contributed by atoms with Crippen molar-refractivity contribution in [3.05, 3.63) is 197 Å². The van der Waals surface area contributed by atoms with Crippen molar-refractivity contribution in [3.63, 3.8) is 0 Å². The first kappa shape index (κ1) is 33.0. The number of nitriles is 1. The zero-order valence-electron chi connectivity index (χ0n) is 30.8. The molecule has 0 aliphatic carbocycles. The summed E-state index contributed by atoms with van der Waals surface area (Å²) >= 11 is 0. The number of para-hydroxylation sites is 4. The van der Waals surface area contributed by atoms with Crippen molar-refractivity contribution in [1.29, 1.82) is 5.26 Å². The first-order valence-electron chi connectivity index (χ1n) is 18.4. The van der Waals surface area contributed by atoms with Gasteiger partial charge in [-0.05, 0) is 105 Å². The minimum Gasteiger partial charge on any atom is -0.310 e. The SMILES string of the molecule is [C-]#[N+]c1cc(-c2cccc(N3c4ccccc4C(C)(C)c4ccccc43)c2)c(C#N)cc1-c1cccc(N2c3ccccc3C(C)(C)c3ccccc32)c1. The Kier molecular flexibility index (Phi) is 7.56. The summed E-state index contributed by atoms with van der Waals surface area (Å²) in [6, 6.07) is 57.3. The summed E-state index contributed by atoms with van der Waals surface area (Å²) in [5, 5.41) is 10.6. The lowest BCUT2D eigenvalue weighted by molar-refractivity contribution is 0.632. The van der Waals surface area contributed by atoms with Crippen molar-refractivity contribution >= 4 is 39.8 Å². The Bertz CT molecular complexity index is 2430. The van der Waals surface area contributed by atoms with Crippen molar-refractivity contribution in [3.8, 4) is 28.3 Å². The van der Waals surface area contributed by atoms with E-state index in [0.29, 0.717) is 11.3 Å². The van der Waals surface area contributed by atoms with Crippen molar-refractivity contribution in [2.75, 3.05) is 9.80 Å². The standard InChI is InChI=1S/C50H38N4/c1-49(2)40-20-6-10-24-45(40)53(46-25-11-7-21-41(46)49)36-18-14-16-33(28-36)38-31-44(52-5)39(30-35(38)32-51)34-17-15-19-37(29-34)54-47-26-12-8-22-42(47)50(3,4)43-23-9-13-27-48(43)54/h6-31H,1-4H3. The average Bonchev–Trinajstić information content (AvgIpc) is 3.21. The van der Waals surface area contributed by atoms with Crippen LogP contribution in [-0.4, -0.2) is 0 Å². The summed E-state index contributed by atoms with van der Waals surface area (Å²) in [6.45, 7) is 17.5. The van der Waals surface area contributed by atoms with Gasteiger partial charge in [0.1, 0.15) is 0 Å². The van der Waals surface area contributed by atoms with Crippen LogP contribution in [0.25, 0.3) is 27.1 Å². The van der Waals surface area contributed by atoms with Gasteiger partial charge in [-0.25, -0.2) is 4.85 Å². The smallest absolute Gasteiger partial charge is 0.195 e. The second-order valence-corrected chi connectivity index (χ2v) is 15.2. The van der Waals surface area contributed by atoms with Crippen LogP contribution in [0.15, 0.2) is 158 Å². The normalized spacial score (nSPS) is 14.5. The molecule has 7 aromatic rings. The highest BCUT2D eigenvalue weighted by Gasteiger charge is 2.38. The van der Waals surface area contributed by atoms with Crippen LogP contribution in [0.3, 0.4) is 0 Å². The number of rotatable bonds is 4. The molecule has 0 bridgehead atoms. The molecule has 4 nitrogen and oxygen atoms in total. The average molecular weight is 695 g/mol. The molecule has 0 radical (unpaired) electrons. The summed E-state index contributed by atoms with van der Waals surface area (Å²) in [7, 11) is 0. The summed E-state index contributed by atoms with van der Waals surface area (Å²) in [4.78, 5) is 8.68. The van der Waals surface area contributed by atoms with E-state index >= 15 is 0 Å². The number of fused-ring (bicyclic) bond motifs is 4. The molecule has 0 fully saturated rings. The molecular weight excluding hydrogens is 657 g/mol. The van der Waals surface area contributed by atoms with Gasteiger partial charge in [0.25, 0.3) is 0 Å². The Balaban J connectivity index is 1.15. The Labute approximate surface area is 317 Å². The van der Waals surface area contributed by atoms with Crippen LogP contribution in [0, 0.1) is 17.9 Å². The molecule has 7 aromatic carbocycles. The molecule has 2 aliphatic rings. The molecule has 0 N–H and O–H groups in total. The molecule has 0 saturated carbocycles. The van der Waals surface area contributed by atoms with Gasteiger partial charge in [-0.1, -0.05) is 125 Å². The highest BCUT2D eigenvalue weighted by Crippen LogP contribution is 2.54. The quantitative estimate of drug-likeness (QED) is 0.172. The van der Waals surface area contributed by atoms with Gasteiger partial charge < -0.3 is 9.80 Å². The molecular formula is C50H38N4. The molecule has 0 amide bonds. The molecule has 4 heteroatoms. The van der Waals surface area contributed by atoms with E-state index in [0.717, 1.165) is 56.4 Å². The van der Waals surface area contributed by atoms with Crippen molar-refractivity contribution in [2.45, 2.75) is 38.5 Å². The van der Waals surface area contributed by atoms with Crippen LogP contribution in [0.5, 0.6) is 0 Å². The van der Waals surface area contributed by atoms with Gasteiger partial charge in [0.05, 0.1) is 41.0 Å². The fourth-order valence-corrected chi connectivity index (χ4v) is 8.76. The van der Waals surface area contributed by atoms with Crippen molar-refractivity contribution in [2.24, 2.45) is 0 Å². The highest BCUT2D eigenvalue weighted by atomic mass is 15.2. The van der Waals surface area contributed by atoms with Crippen molar-refractivity contribution in [1.82, 2.24) is 0 Å². The summed E-state index contributed by atoms with van der Waals surface area (Å²) in [5.74, 6) is 0. The third-order valence-corrected chi connectivity index (χ3v) is 11.5. The molecule has 0 saturated heterocycles. The van der Waals surface area contributed by atoms with Gasteiger partial charge in [0.2, 0.25) is 0 Å². The van der Waals surface area contributed by atoms with Crippen LogP contribution in [0.4, 0.5) is 39.8 Å². The zero-order chi connectivity index (χ0) is 37.2. The number of anilines is 6. The Morgan fingerprint density at radius 1 is 0.481 bits per heavy atom. The van der Waals surface area contributed by atoms with Gasteiger partial charge in [0.15, 0.2) is 5.69 Å². The van der Waals surface area contributed by atoms with E-state index in [9.17, 15) is 5.26 Å². The van der Waals surface area contributed by atoms with Gasteiger partial charge in [-0.3, -0.25) is 0 Å². The van der Waals surface area contributed by atoms with E-state index in [1.54, 1.807) is 0 Å². The molecule has 0 unspecified atom stereocenters. The maximum atomic E-state index is 10.6. The molecule has 0 aromatic heterocycles. The lowest BCUT2D eigenvalue weighted by atomic mass is 9.73. The van der Waals surface area contributed by atoms with E-state index in [1.165, 1.54) is 22.3 Å². The fourth-order valence-electron chi connectivity index (χ4n) is 8.76. The molecule has 54 heavy (non-hydrogen) atoms. The first-order valence-corrected chi connectivity index (χ1v) is 18.4. The Morgan fingerprint density at radius 2 is 0.870 bits per heavy atom. The fraction of sp³-hybridized carbons (Fsp3) is 0.120. The van der Waals surface area contributed by atoms with E-state index in [1.807, 2.05) is 36.4 Å². The van der Waals surface area contributed by atoms with Crippen LogP contribution < -0.4 is 9.80 Å². The Hall–Kier alpha value is -6.88. The van der Waals surface area contributed by atoms with Gasteiger partial charge >= 0.3 is 0 Å². The summed E-state index contributed by atoms with van der Waals surface area (Å²) in [5.41, 5.74) is 15.5. The molecule has 0 spiro atoms. The van der Waals surface area contributed by atoms with Crippen LogP contribution in [-0.2, 0) is 10.8 Å². The van der Waals surface area contributed by atoms with Crippen molar-refractivity contribution < 1.29 is 0 Å². The lowest BCUT2D eigenvalue weighted by Gasteiger charge is -2.42. The highest BCUT2D eigenvalue weighted by molar-refractivity contribution is 5.92. The predicted molar refractivity (Wildman–Crippen MR) is 222 cm³/mol. The first-order chi connectivity index (χ1) is 26.2. The van der Waals surface area contributed by atoms with Gasteiger partial charge in [0, 0.05) is 22.2 Å². The van der Waals surface area contributed by atoms with Crippen LogP contribution in [0.1, 0.15) is 55.5 Å². The number of hydrogen-bond donors (Lipinski definition) is 0. The maximum absolute atomic E-state index is 10.6. The van der Waals surface area contributed by atoms with Gasteiger partial charge in [-0.2, -0.15) is 5.26 Å². The maximum Gasteiger partial charge on any atom is 0.195 e. The third-order valence-electron chi connectivity index (χ3n) is 11.5. The second kappa shape index (κ2) is 12.4. The second-order valence-electron chi connectivity index (χ2n) is 15.2. The van der Waals surface area contributed by atoms with E-state index in [2.05, 4.69) is 170 Å². The molecule has 2 heterocycles. The van der Waals surface area contributed by atoms with E-state index in [-0.39, 0.29) is 10.8 Å². The monoisotopic (exact) mass is 694 g/mol. The molecule has 9 rings (SSSR count). The predicted octanol–water partition coefficient (Wildman–Crippen LogP) is 13.7. The minimum absolute atomic E-state index is 0.162.